The molecule has 3 N–H and O–H groups in total. The smallest absolute Gasteiger partial charge is 0.283 e. The minimum absolute atomic E-state index is 0. The second-order valence-corrected chi connectivity index (χ2v) is 4.40. The minimum atomic E-state index is -0.287. The summed E-state index contributed by atoms with van der Waals surface area (Å²) in [5, 5.41) is 0. The maximum atomic E-state index is 12.8. The van der Waals surface area contributed by atoms with Crippen LogP contribution in [0, 0.1) is 5.82 Å². The van der Waals surface area contributed by atoms with Gasteiger partial charge in [0.2, 0.25) is 5.95 Å². The van der Waals surface area contributed by atoms with Gasteiger partial charge in [0.15, 0.2) is 11.2 Å². The zero-order chi connectivity index (χ0) is 14.1. The molecule has 0 saturated heterocycles. The van der Waals surface area contributed by atoms with E-state index in [4.69, 9.17) is 5.73 Å². The highest BCUT2D eigenvalue weighted by molar-refractivity contribution is 5.85. The van der Waals surface area contributed by atoms with Crippen molar-refractivity contribution >= 4 is 29.5 Å². The Labute approximate surface area is 125 Å². The van der Waals surface area contributed by atoms with Crippen molar-refractivity contribution in [3.63, 3.8) is 0 Å². The highest BCUT2D eigenvalue weighted by Crippen LogP contribution is 2.07. The second kappa shape index (κ2) is 5.92. The van der Waals surface area contributed by atoms with Gasteiger partial charge in [0, 0.05) is 6.54 Å². The Morgan fingerprint density at radius 3 is 2.71 bits per heavy atom. The van der Waals surface area contributed by atoms with E-state index < -0.39 is 0 Å². The topological polar surface area (TPSA) is 89.6 Å². The van der Waals surface area contributed by atoms with Crippen LogP contribution in [-0.2, 0) is 13.0 Å². The molecular weight excluding hydrogens is 297 g/mol. The normalized spacial score (nSPS) is 10.5. The first-order valence-corrected chi connectivity index (χ1v) is 6.09. The lowest BCUT2D eigenvalue weighted by Gasteiger charge is -2.08. The third-order valence-corrected chi connectivity index (χ3v) is 3.11. The van der Waals surface area contributed by atoms with E-state index in [-0.39, 0.29) is 35.2 Å². The van der Waals surface area contributed by atoms with Crippen LogP contribution in [0.4, 0.5) is 10.3 Å². The monoisotopic (exact) mass is 309 g/mol. The molecule has 0 aliphatic heterocycles. The lowest BCUT2D eigenvalue weighted by molar-refractivity contribution is 0.625. The van der Waals surface area contributed by atoms with E-state index >= 15 is 0 Å². The molecule has 8 heteroatoms. The molecule has 0 amide bonds. The molecule has 2 aromatic heterocycles. The molecular formula is C13H13ClFN5O. The summed E-state index contributed by atoms with van der Waals surface area (Å²) in [7, 11) is 0. The molecule has 0 spiro atoms. The standard InChI is InChI=1S/C13H12FN5O.ClH/c14-9-3-1-8(2-4-9)5-6-19-12(20)10-11(17-7-16-10)18-13(19)15;/h1-4,7H,5-6H2,(H2,15,18)(H,16,17);1H. The average molecular weight is 310 g/mol. The maximum absolute atomic E-state index is 12.8. The highest BCUT2D eigenvalue weighted by atomic mass is 35.5. The summed E-state index contributed by atoms with van der Waals surface area (Å²) in [6.07, 6.45) is 1.96. The molecule has 0 atom stereocenters. The van der Waals surface area contributed by atoms with Crippen molar-refractivity contribution < 1.29 is 4.39 Å². The largest absolute Gasteiger partial charge is 0.369 e. The number of H-pyrrole nitrogens is 1. The van der Waals surface area contributed by atoms with Crippen LogP contribution in [0.1, 0.15) is 5.56 Å². The number of hydrogen-bond donors (Lipinski definition) is 2. The van der Waals surface area contributed by atoms with Crippen molar-refractivity contribution in [1.29, 1.82) is 0 Å². The Kier molecular flexibility index (Phi) is 4.23. The van der Waals surface area contributed by atoms with Gasteiger partial charge in [-0.15, -0.1) is 12.4 Å². The van der Waals surface area contributed by atoms with Gasteiger partial charge in [-0.3, -0.25) is 9.36 Å². The van der Waals surface area contributed by atoms with Crippen LogP contribution in [0.15, 0.2) is 35.4 Å². The number of hydrogen-bond acceptors (Lipinski definition) is 4. The van der Waals surface area contributed by atoms with Crippen molar-refractivity contribution in [2.45, 2.75) is 13.0 Å². The van der Waals surface area contributed by atoms with Crippen LogP contribution < -0.4 is 11.3 Å². The number of anilines is 1. The summed E-state index contributed by atoms with van der Waals surface area (Å²) >= 11 is 0. The first-order chi connectivity index (χ1) is 9.65. The Balaban J connectivity index is 0.00000161. The summed E-state index contributed by atoms with van der Waals surface area (Å²) in [4.78, 5) is 23.0. The number of aryl methyl sites for hydroxylation is 1. The summed E-state index contributed by atoms with van der Waals surface area (Å²) in [5.41, 5.74) is 7.06. The number of nitrogens with one attached hydrogen (secondary N) is 1. The van der Waals surface area contributed by atoms with Crippen LogP contribution in [0.25, 0.3) is 11.2 Å². The zero-order valence-electron chi connectivity index (χ0n) is 10.9. The number of aromatic amines is 1. The highest BCUT2D eigenvalue weighted by Gasteiger charge is 2.10. The quantitative estimate of drug-likeness (QED) is 0.767. The number of nitrogens with two attached hydrogens (primary N) is 1. The number of aromatic nitrogens is 4. The van der Waals surface area contributed by atoms with Crippen molar-refractivity contribution in [3.05, 3.63) is 52.3 Å². The third-order valence-electron chi connectivity index (χ3n) is 3.11. The first-order valence-electron chi connectivity index (χ1n) is 6.09. The van der Waals surface area contributed by atoms with Crippen molar-refractivity contribution in [3.8, 4) is 0 Å². The van der Waals surface area contributed by atoms with Gasteiger partial charge in [-0.05, 0) is 24.1 Å². The van der Waals surface area contributed by atoms with E-state index in [1.54, 1.807) is 12.1 Å². The van der Waals surface area contributed by atoms with Crippen LogP contribution >= 0.6 is 12.4 Å². The molecule has 0 bridgehead atoms. The predicted molar refractivity (Wildman–Crippen MR) is 79.9 cm³/mol. The lowest BCUT2D eigenvalue weighted by Crippen LogP contribution is -2.25. The second-order valence-electron chi connectivity index (χ2n) is 4.40. The van der Waals surface area contributed by atoms with Crippen LogP contribution in [0.2, 0.25) is 0 Å². The molecule has 0 saturated carbocycles. The molecule has 0 aliphatic carbocycles. The van der Waals surface area contributed by atoms with Gasteiger partial charge in [-0.2, -0.15) is 4.98 Å². The number of nitrogen functional groups attached to an aromatic ring is 1. The fourth-order valence-electron chi connectivity index (χ4n) is 2.04. The fraction of sp³-hybridized carbons (Fsp3) is 0.154. The zero-order valence-corrected chi connectivity index (χ0v) is 11.7. The van der Waals surface area contributed by atoms with Gasteiger partial charge >= 0.3 is 0 Å². The summed E-state index contributed by atoms with van der Waals surface area (Å²) in [6.45, 7) is 0.367. The van der Waals surface area contributed by atoms with E-state index in [9.17, 15) is 9.18 Å². The van der Waals surface area contributed by atoms with Crippen molar-refractivity contribution in [1.82, 2.24) is 19.5 Å². The molecule has 1 aromatic carbocycles. The summed E-state index contributed by atoms with van der Waals surface area (Å²) in [5.74, 6) is -0.154. The molecule has 0 fully saturated rings. The first kappa shape index (κ1) is 15.0. The van der Waals surface area contributed by atoms with E-state index in [0.717, 1.165) is 5.56 Å². The molecule has 3 aromatic rings. The van der Waals surface area contributed by atoms with E-state index in [1.807, 2.05) is 0 Å². The van der Waals surface area contributed by atoms with Gasteiger partial charge in [-0.1, -0.05) is 12.1 Å². The molecule has 0 radical (unpaired) electrons. The Morgan fingerprint density at radius 1 is 1.29 bits per heavy atom. The van der Waals surface area contributed by atoms with E-state index in [0.29, 0.717) is 18.6 Å². The van der Waals surface area contributed by atoms with E-state index in [2.05, 4.69) is 15.0 Å². The van der Waals surface area contributed by atoms with Crippen molar-refractivity contribution in [2.75, 3.05) is 5.73 Å². The van der Waals surface area contributed by atoms with Crippen LogP contribution in [0.3, 0.4) is 0 Å². The molecule has 6 nitrogen and oxygen atoms in total. The number of benzene rings is 1. The number of imidazole rings is 1. The number of halogens is 2. The van der Waals surface area contributed by atoms with Gasteiger partial charge < -0.3 is 10.7 Å². The van der Waals surface area contributed by atoms with Crippen LogP contribution in [0.5, 0.6) is 0 Å². The summed E-state index contributed by atoms with van der Waals surface area (Å²) in [6, 6.07) is 6.13. The number of rotatable bonds is 3. The molecule has 2 heterocycles. The summed E-state index contributed by atoms with van der Waals surface area (Å²) < 4.78 is 14.2. The Morgan fingerprint density at radius 2 is 2.00 bits per heavy atom. The Bertz CT molecular complexity index is 812. The maximum Gasteiger partial charge on any atom is 0.283 e. The number of nitrogens with zero attached hydrogens (tertiary/aromatic N) is 3. The van der Waals surface area contributed by atoms with Gasteiger partial charge in [0.1, 0.15) is 5.82 Å². The van der Waals surface area contributed by atoms with Crippen molar-refractivity contribution in [2.24, 2.45) is 0 Å². The molecule has 21 heavy (non-hydrogen) atoms. The van der Waals surface area contributed by atoms with Crippen LogP contribution in [-0.4, -0.2) is 19.5 Å². The number of fused-ring (bicyclic) bond motifs is 1. The Hall–Kier alpha value is -2.41. The van der Waals surface area contributed by atoms with Gasteiger partial charge in [-0.25, -0.2) is 9.37 Å². The van der Waals surface area contributed by atoms with E-state index in [1.165, 1.54) is 23.0 Å². The lowest BCUT2D eigenvalue weighted by atomic mass is 10.1. The average Bonchev–Trinajstić information content (AvgIpc) is 2.89. The van der Waals surface area contributed by atoms with Gasteiger partial charge in [0.05, 0.1) is 6.33 Å². The minimum Gasteiger partial charge on any atom is -0.369 e. The predicted octanol–water partition coefficient (Wildman–Crippen LogP) is 1.51. The molecule has 0 unspecified atom stereocenters. The molecule has 3 rings (SSSR count). The SMILES string of the molecule is Cl.Nc1nc2[nH]cnc2c(=O)n1CCc1ccc(F)cc1. The molecule has 0 aliphatic rings. The molecule has 110 valence electrons. The fourth-order valence-corrected chi connectivity index (χ4v) is 2.04. The van der Waals surface area contributed by atoms with Gasteiger partial charge in [0.25, 0.3) is 5.56 Å². The third kappa shape index (κ3) is 2.87.